The van der Waals surface area contributed by atoms with Gasteiger partial charge in [0.05, 0.1) is 13.2 Å². The molecule has 0 fully saturated rings. The highest BCUT2D eigenvalue weighted by Gasteiger charge is 2.30. The number of carboxylic acids is 1. The monoisotopic (exact) mass is 486 g/mol. The molecular formula is C20H30N4O8S. The third kappa shape index (κ3) is 9.65. The summed E-state index contributed by atoms with van der Waals surface area (Å²) in [6.45, 7) is -1.48. The number of benzene rings is 1. The van der Waals surface area contributed by atoms with E-state index in [2.05, 4.69) is 16.0 Å². The summed E-state index contributed by atoms with van der Waals surface area (Å²) in [5.74, 6) is -3.34. The summed E-state index contributed by atoms with van der Waals surface area (Å²) in [5.41, 5.74) is 6.04. The molecule has 0 bridgehead atoms. The first-order valence-electron chi connectivity index (χ1n) is 10.0. The molecule has 3 amide bonds. The molecule has 1 aromatic carbocycles. The molecule has 9 N–H and O–H groups in total. The number of carboxylic acid groups (broad SMARTS) is 1. The molecule has 0 aliphatic carbocycles. The van der Waals surface area contributed by atoms with Gasteiger partial charge in [0.25, 0.3) is 0 Å². The molecule has 0 aliphatic rings. The molecule has 4 unspecified atom stereocenters. The lowest BCUT2D eigenvalue weighted by Gasteiger charge is -2.24. The number of thioether (sulfide) groups is 1. The van der Waals surface area contributed by atoms with E-state index in [0.717, 1.165) is 0 Å². The SMILES string of the molecule is CSCCC(NC(=O)C(CO)NC(=O)C(Cc1ccc(O)cc1)NC(=O)C(N)CO)C(=O)O. The molecule has 0 heterocycles. The highest BCUT2D eigenvalue weighted by atomic mass is 32.2. The average molecular weight is 487 g/mol. The summed E-state index contributed by atoms with van der Waals surface area (Å²) in [6, 6.07) is 0.607. The Hall–Kier alpha value is -2.87. The molecule has 13 heteroatoms. The molecule has 184 valence electrons. The number of hydrogen-bond acceptors (Lipinski definition) is 9. The molecule has 12 nitrogen and oxygen atoms in total. The van der Waals surface area contributed by atoms with E-state index >= 15 is 0 Å². The van der Waals surface area contributed by atoms with E-state index < -0.39 is 61.1 Å². The second kappa shape index (κ2) is 14.3. The maximum Gasteiger partial charge on any atom is 0.326 e. The number of rotatable bonds is 14. The van der Waals surface area contributed by atoms with Crippen molar-refractivity contribution in [2.75, 3.05) is 25.2 Å². The van der Waals surface area contributed by atoms with Gasteiger partial charge in [-0.1, -0.05) is 12.1 Å². The minimum atomic E-state index is -1.47. The highest BCUT2D eigenvalue weighted by Crippen LogP contribution is 2.12. The van der Waals surface area contributed by atoms with Gasteiger partial charge in [0.1, 0.15) is 29.9 Å². The number of aliphatic hydroxyl groups excluding tert-OH is 2. The van der Waals surface area contributed by atoms with Crippen molar-refractivity contribution < 1.29 is 39.6 Å². The van der Waals surface area contributed by atoms with Gasteiger partial charge >= 0.3 is 5.97 Å². The number of nitrogens with two attached hydrogens (primary N) is 1. The van der Waals surface area contributed by atoms with Crippen LogP contribution in [0.15, 0.2) is 24.3 Å². The molecule has 33 heavy (non-hydrogen) atoms. The summed E-state index contributed by atoms with van der Waals surface area (Å²) in [7, 11) is 0. The Morgan fingerprint density at radius 2 is 1.45 bits per heavy atom. The van der Waals surface area contributed by atoms with Gasteiger partial charge in [-0.25, -0.2) is 4.79 Å². The van der Waals surface area contributed by atoms with Crippen LogP contribution in [0, 0.1) is 0 Å². The van der Waals surface area contributed by atoms with Crippen LogP contribution in [0.5, 0.6) is 5.75 Å². The Balaban J connectivity index is 2.96. The van der Waals surface area contributed by atoms with Gasteiger partial charge in [0.2, 0.25) is 17.7 Å². The minimum Gasteiger partial charge on any atom is -0.508 e. The normalized spacial score (nSPS) is 14.4. The number of aliphatic carboxylic acids is 1. The Labute approximate surface area is 194 Å². The molecular weight excluding hydrogens is 456 g/mol. The zero-order chi connectivity index (χ0) is 25.0. The van der Waals surface area contributed by atoms with Crippen LogP contribution in [0.25, 0.3) is 0 Å². The van der Waals surface area contributed by atoms with Crippen molar-refractivity contribution in [3.63, 3.8) is 0 Å². The Morgan fingerprint density at radius 3 is 1.97 bits per heavy atom. The molecule has 0 saturated heterocycles. The van der Waals surface area contributed by atoms with E-state index in [-0.39, 0.29) is 18.6 Å². The molecule has 0 aromatic heterocycles. The first-order valence-corrected chi connectivity index (χ1v) is 11.4. The van der Waals surface area contributed by atoms with Crippen LogP contribution in [0.4, 0.5) is 0 Å². The van der Waals surface area contributed by atoms with Crippen molar-refractivity contribution >= 4 is 35.5 Å². The molecule has 1 rings (SSSR count). The van der Waals surface area contributed by atoms with Gasteiger partial charge < -0.3 is 42.1 Å². The molecule has 0 saturated carbocycles. The molecule has 0 spiro atoms. The van der Waals surface area contributed by atoms with Crippen molar-refractivity contribution in [2.45, 2.75) is 37.0 Å². The number of phenols is 1. The van der Waals surface area contributed by atoms with Gasteiger partial charge in [-0.05, 0) is 36.1 Å². The van der Waals surface area contributed by atoms with Crippen LogP contribution in [0.1, 0.15) is 12.0 Å². The van der Waals surface area contributed by atoms with E-state index in [0.29, 0.717) is 11.3 Å². The van der Waals surface area contributed by atoms with Crippen molar-refractivity contribution in [1.82, 2.24) is 16.0 Å². The maximum atomic E-state index is 12.8. The van der Waals surface area contributed by atoms with Gasteiger partial charge in [0.15, 0.2) is 0 Å². The number of aliphatic hydroxyl groups is 2. The van der Waals surface area contributed by atoms with Gasteiger partial charge in [-0.15, -0.1) is 0 Å². The standard InChI is InChI=1S/C20H30N4O8S/c1-33-7-6-14(20(31)32)22-19(30)16(10-26)24-18(29)15(23-17(28)13(21)9-25)8-11-2-4-12(27)5-3-11/h2-5,13-16,25-27H,6-10,21H2,1H3,(H,22,30)(H,23,28)(H,24,29)(H,31,32). The quantitative estimate of drug-likeness (QED) is 0.139. The maximum absolute atomic E-state index is 12.8. The van der Waals surface area contributed by atoms with Gasteiger partial charge in [-0.3, -0.25) is 14.4 Å². The lowest BCUT2D eigenvalue weighted by atomic mass is 10.0. The van der Waals surface area contributed by atoms with Crippen LogP contribution in [0.2, 0.25) is 0 Å². The van der Waals surface area contributed by atoms with Crippen LogP contribution in [-0.4, -0.2) is 93.5 Å². The zero-order valence-corrected chi connectivity index (χ0v) is 18.9. The van der Waals surface area contributed by atoms with Crippen molar-refractivity contribution in [3.05, 3.63) is 29.8 Å². The summed E-state index contributed by atoms with van der Waals surface area (Å²) in [6.07, 6.45) is 1.87. The number of nitrogens with one attached hydrogen (secondary N) is 3. The minimum absolute atomic E-state index is 0.00226. The van der Waals surface area contributed by atoms with Gasteiger partial charge in [-0.2, -0.15) is 11.8 Å². The second-order valence-electron chi connectivity index (χ2n) is 7.15. The largest absolute Gasteiger partial charge is 0.508 e. The fourth-order valence-corrected chi connectivity index (χ4v) is 3.14. The average Bonchev–Trinajstić information content (AvgIpc) is 2.79. The van der Waals surface area contributed by atoms with Crippen LogP contribution in [0.3, 0.4) is 0 Å². The predicted molar refractivity (Wildman–Crippen MR) is 120 cm³/mol. The van der Waals surface area contributed by atoms with Crippen molar-refractivity contribution in [1.29, 1.82) is 0 Å². The Kier molecular flexibility index (Phi) is 12.2. The lowest BCUT2D eigenvalue weighted by molar-refractivity contribution is -0.142. The smallest absolute Gasteiger partial charge is 0.326 e. The lowest BCUT2D eigenvalue weighted by Crippen LogP contribution is -2.58. The van der Waals surface area contributed by atoms with E-state index in [1.807, 2.05) is 0 Å². The van der Waals surface area contributed by atoms with Crippen molar-refractivity contribution in [2.24, 2.45) is 5.73 Å². The number of amides is 3. The number of phenolic OH excluding ortho intramolecular Hbond substituents is 1. The van der Waals surface area contributed by atoms with E-state index in [4.69, 9.17) is 10.8 Å². The molecule has 4 atom stereocenters. The van der Waals surface area contributed by atoms with Gasteiger partial charge in [0, 0.05) is 6.42 Å². The summed E-state index contributed by atoms with van der Waals surface area (Å²) < 4.78 is 0. The second-order valence-corrected chi connectivity index (χ2v) is 8.13. The molecule has 1 aromatic rings. The fraction of sp³-hybridized carbons (Fsp3) is 0.500. The van der Waals surface area contributed by atoms with Crippen molar-refractivity contribution in [3.8, 4) is 5.75 Å². The summed E-state index contributed by atoms with van der Waals surface area (Å²) in [5, 5.41) is 44.3. The predicted octanol–water partition coefficient (Wildman–Crippen LogP) is -2.46. The third-order valence-electron chi connectivity index (χ3n) is 4.58. The number of hydrogen-bond donors (Lipinski definition) is 8. The van der Waals surface area contributed by atoms with E-state index in [9.17, 15) is 34.5 Å². The zero-order valence-electron chi connectivity index (χ0n) is 18.1. The highest BCUT2D eigenvalue weighted by molar-refractivity contribution is 7.98. The Bertz CT molecular complexity index is 808. The van der Waals surface area contributed by atoms with Crippen LogP contribution < -0.4 is 21.7 Å². The summed E-state index contributed by atoms with van der Waals surface area (Å²) in [4.78, 5) is 48.8. The topological polar surface area (TPSA) is 211 Å². The first kappa shape index (κ1) is 28.2. The number of aromatic hydroxyl groups is 1. The van der Waals surface area contributed by atoms with E-state index in [1.54, 1.807) is 6.26 Å². The number of carbonyl (C=O) groups is 4. The molecule has 0 radical (unpaired) electrons. The Morgan fingerprint density at radius 1 is 0.909 bits per heavy atom. The number of carbonyl (C=O) groups excluding carboxylic acids is 3. The third-order valence-corrected chi connectivity index (χ3v) is 5.23. The van der Waals surface area contributed by atoms with Crippen LogP contribution in [-0.2, 0) is 25.6 Å². The fourth-order valence-electron chi connectivity index (χ4n) is 2.67. The molecule has 0 aliphatic heterocycles. The van der Waals surface area contributed by atoms with E-state index in [1.165, 1.54) is 36.0 Å². The van der Waals surface area contributed by atoms with Crippen LogP contribution >= 0.6 is 11.8 Å². The first-order chi connectivity index (χ1) is 15.6. The summed E-state index contributed by atoms with van der Waals surface area (Å²) >= 11 is 1.40.